The average Bonchev–Trinajstić information content (AvgIpc) is 2.95. The second-order valence-corrected chi connectivity index (χ2v) is 7.34. The van der Waals surface area contributed by atoms with Crippen LogP contribution in [0.15, 0.2) is 11.4 Å². The fourth-order valence-corrected chi connectivity index (χ4v) is 3.58. The van der Waals surface area contributed by atoms with Crippen LogP contribution in [0.2, 0.25) is 0 Å². The van der Waals surface area contributed by atoms with Gasteiger partial charge in [-0.2, -0.15) is 0 Å². The molecule has 0 saturated heterocycles. The SMILES string of the molecule is CCCCCCCCNC(C)C(O)c1cc(C(C)C)cs1. The van der Waals surface area contributed by atoms with Gasteiger partial charge in [-0.05, 0) is 42.8 Å². The molecule has 2 nitrogen and oxygen atoms in total. The van der Waals surface area contributed by atoms with E-state index < -0.39 is 0 Å². The van der Waals surface area contributed by atoms with Gasteiger partial charge in [0.1, 0.15) is 6.10 Å². The van der Waals surface area contributed by atoms with Crippen LogP contribution >= 0.6 is 11.3 Å². The third kappa shape index (κ3) is 6.94. The minimum Gasteiger partial charge on any atom is -0.386 e. The van der Waals surface area contributed by atoms with Gasteiger partial charge in [-0.25, -0.2) is 0 Å². The molecule has 2 N–H and O–H groups in total. The zero-order valence-electron chi connectivity index (χ0n) is 14.2. The van der Waals surface area contributed by atoms with Gasteiger partial charge in [0.05, 0.1) is 0 Å². The van der Waals surface area contributed by atoms with E-state index in [4.69, 9.17) is 0 Å². The molecule has 3 heteroatoms. The van der Waals surface area contributed by atoms with Crippen LogP contribution in [0.3, 0.4) is 0 Å². The monoisotopic (exact) mass is 311 g/mol. The molecule has 1 heterocycles. The highest BCUT2D eigenvalue weighted by atomic mass is 32.1. The zero-order valence-corrected chi connectivity index (χ0v) is 15.0. The molecule has 2 atom stereocenters. The molecule has 122 valence electrons. The van der Waals surface area contributed by atoms with Crippen LogP contribution in [0.1, 0.15) is 88.7 Å². The molecule has 1 aromatic rings. The number of nitrogens with one attached hydrogen (secondary N) is 1. The smallest absolute Gasteiger partial charge is 0.103 e. The number of hydrogen-bond acceptors (Lipinski definition) is 3. The van der Waals surface area contributed by atoms with Gasteiger partial charge in [-0.1, -0.05) is 52.9 Å². The van der Waals surface area contributed by atoms with Crippen molar-refractivity contribution in [1.82, 2.24) is 5.32 Å². The van der Waals surface area contributed by atoms with E-state index in [0.717, 1.165) is 11.4 Å². The fourth-order valence-electron chi connectivity index (χ4n) is 2.42. The van der Waals surface area contributed by atoms with Gasteiger partial charge in [-0.3, -0.25) is 0 Å². The molecule has 0 aliphatic carbocycles. The molecule has 21 heavy (non-hydrogen) atoms. The van der Waals surface area contributed by atoms with Gasteiger partial charge in [0.2, 0.25) is 0 Å². The van der Waals surface area contributed by atoms with Crippen LogP contribution < -0.4 is 5.32 Å². The standard InChI is InChI=1S/C18H33NOS/c1-5-6-7-8-9-10-11-19-15(4)18(20)17-12-16(13-21-17)14(2)3/h12-15,18-20H,5-11H2,1-4H3. The highest BCUT2D eigenvalue weighted by molar-refractivity contribution is 7.10. The molecular weight excluding hydrogens is 278 g/mol. The summed E-state index contributed by atoms with van der Waals surface area (Å²) in [6.07, 6.45) is 7.49. The van der Waals surface area contributed by atoms with E-state index >= 15 is 0 Å². The van der Waals surface area contributed by atoms with E-state index in [2.05, 4.69) is 44.5 Å². The fraction of sp³-hybridized carbons (Fsp3) is 0.778. The predicted molar refractivity (Wildman–Crippen MR) is 94.2 cm³/mol. The molecule has 0 saturated carbocycles. The first-order valence-electron chi connectivity index (χ1n) is 8.56. The van der Waals surface area contributed by atoms with Gasteiger partial charge >= 0.3 is 0 Å². The summed E-state index contributed by atoms with van der Waals surface area (Å²) in [5.41, 5.74) is 1.33. The second kappa shape index (κ2) is 10.4. The number of unbranched alkanes of at least 4 members (excludes halogenated alkanes) is 5. The van der Waals surface area contributed by atoms with Crippen LogP contribution in [0.25, 0.3) is 0 Å². The van der Waals surface area contributed by atoms with Crippen molar-refractivity contribution >= 4 is 11.3 Å². The van der Waals surface area contributed by atoms with Crippen LogP contribution in [0.4, 0.5) is 0 Å². The lowest BCUT2D eigenvalue weighted by molar-refractivity contribution is 0.139. The van der Waals surface area contributed by atoms with Gasteiger partial charge in [-0.15, -0.1) is 11.3 Å². The molecule has 0 aliphatic heterocycles. The Hall–Kier alpha value is -0.380. The van der Waals surface area contributed by atoms with Gasteiger partial charge < -0.3 is 10.4 Å². The highest BCUT2D eigenvalue weighted by Gasteiger charge is 2.18. The van der Waals surface area contributed by atoms with Crippen LogP contribution in [-0.4, -0.2) is 17.7 Å². The van der Waals surface area contributed by atoms with Crippen LogP contribution in [-0.2, 0) is 0 Å². The molecule has 1 aromatic heterocycles. The normalized spacial score (nSPS) is 14.6. The van der Waals surface area contributed by atoms with Crippen molar-refractivity contribution in [3.63, 3.8) is 0 Å². The highest BCUT2D eigenvalue weighted by Crippen LogP contribution is 2.28. The zero-order chi connectivity index (χ0) is 15.7. The number of thiophene rings is 1. The molecule has 0 aromatic carbocycles. The largest absolute Gasteiger partial charge is 0.386 e. The van der Waals surface area contributed by atoms with E-state index in [1.54, 1.807) is 11.3 Å². The predicted octanol–water partition coefficient (Wildman–Crippen LogP) is 5.24. The summed E-state index contributed by atoms with van der Waals surface area (Å²) in [6.45, 7) is 9.72. The summed E-state index contributed by atoms with van der Waals surface area (Å²) < 4.78 is 0. The molecule has 0 bridgehead atoms. The van der Waals surface area contributed by atoms with Crippen LogP contribution in [0, 0.1) is 0 Å². The third-order valence-corrected chi connectivity index (χ3v) is 5.09. The molecule has 0 aliphatic rings. The molecule has 1 rings (SSSR count). The van der Waals surface area contributed by atoms with Crippen LogP contribution in [0.5, 0.6) is 0 Å². The molecule has 0 fully saturated rings. The van der Waals surface area contributed by atoms with Crippen molar-refractivity contribution in [3.05, 3.63) is 21.9 Å². The Bertz CT molecular complexity index is 375. The van der Waals surface area contributed by atoms with Crippen molar-refractivity contribution < 1.29 is 5.11 Å². The maximum atomic E-state index is 10.4. The Balaban J connectivity index is 2.22. The van der Waals surface area contributed by atoms with Gasteiger partial charge in [0.25, 0.3) is 0 Å². The Kier molecular flexibility index (Phi) is 9.21. The lowest BCUT2D eigenvalue weighted by Gasteiger charge is -2.19. The minimum absolute atomic E-state index is 0.124. The molecule has 0 amide bonds. The minimum atomic E-state index is -0.386. The van der Waals surface area contributed by atoms with E-state index in [0.29, 0.717) is 5.92 Å². The van der Waals surface area contributed by atoms with Crippen molar-refractivity contribution in [2.75, 3.05) is 6.54 Å². The summed E-state index contributed by atoms with van der Waals surface area (Å²) in [5, 5.41) is 16.0. The summed E-state index contributed by atoms with van der Waals surface area (Å²) in [5.74, 6) is 0.536. The first-order chi connectivity index (χ1) is 10.1. The molecule has 0 spiro atoms. The molecule has 2 unspecified atom stereocenters. The third-order valence-electron chi connectivity index (χ3n) is 4.07. The summed E-state index contributed by atoms with van der Waals surface area (Å²) in [6, 6.07) is 2.28. The Morgan fingerprint density at radius 2 is 1.76 bits per heavy atom. The second-order valence-electron chi connectivity index (χ2n) is 6.39. The maximum absolute atomic E-state index is 10.4. The first-order valence-corrected chi connectivity index (χ1v) is 9.44. The van der Waals surface area contributed by atoms with E-state index in [9.17, 15) is 5.11 Å². The summed E-state index contributed by atoms with van der Waals surface area (Å²) >= 11 is 1.68. The Labute approximate surface area is 135 Å². The summed E-state index contributed by atoms with van der Waals surface area (Å²) in [7, 11) is 0. The number of rotatable bonds is 11. The molecule has 0 radical (unpaired) electrons. The van der Waals surface area contributed by atoms with Crippen molar-refractivity contribution in [2.45, 2.75) is 84.3 Å². The lowest BCUT2D eigenvalue weighted by Crippen LogP contribution is -2.32. The maximum Gasteiger partial charge on any atom is 0.103 e. The Morgan fingerprint density at radius 3 is 2.38 bits per heavy atom. The van der Waals surface area contributed by atoms with Crippen molar-refractivity contribution in [3.8, 4) is 0 Å². The summed E-state index contributed by atoms with van der Waals surface area (Å²) in [4.78, 5) is 1.08. The molecular formula is C18H33NOS. The average molecular weight is 312 g/mol. The Morgan fingerprint density at radius 1 is 1.10 bits per heavy atom. The number of aliphatic hydroxyl groups excluding tert-OH is 1. The van der Waals surface area contributed by atoms with Gasteiger partial charge in [0.15, 0.2) is 0 Å². The van der Waals surface area contributed by atoms with Crippen molar-refractivity contribution in [1.29, 1.82) is 0 Å². The quantitative estimate of drug-likeness (QED) is 0.547. The van der Waals surface area contributed by atoms with Gasteiger partial charge in [0, 0.05) is 10.9 Å². The first kappa shape index (κ1) is 18.7. The lowest BCUT2D eigenvalue weighted by atomic mass is 10.0. The van der Waals surface area contributed by atoms with E-state index in [1.165, 1.54) is 44.1 Å². The van der Waals surface area contributed by atoms with E-state index in [-0.39, 0.29) is 12.1 Å². The number of aliphatic hydroxyl groups is 1. The number of hydrogen-bond donors (Lipinski definition) is 2. The van der Waals surface area contributed by atoms with Crippen molar-refractivity contribution in [2.24, 2.45) is 0 Å². The topological polar surface area (TPSA) is 32.3 Å². The van der Waals surface area contributed by atoms with E-state index in [1.807, 2.05) is 0 Å².